The summed E-state index contributed by atoms with van der Waals surface area (Å²) in [5, 5.41) is 4.35. The van der Waals surface area contributed by atoms with Gasteiger partial charge in [0.15, 0.2) is 0 Å². The van der Waals surface area contributed by atoms with Gasteiger partial charge in [-0.05, 0) is 30.9 Å². The molecule has 0 fully saturated rings. The number of halogens is 3. The molecule has 1 aromatic heterocycles. The molecule has 7 heteroatoms. The molecular weight excluding hydrogens is 367 g/mol. The van der Waals surface area contributed by atoms with Crippen molar-refractivity contribution >= 4 is 5.91 Å². The zero-order chi connectivity index (χ0) is 20.3. The molecule has 1 aromatic carbocycles. The first-order chi connectivity index (χ1) is 13.3. The fourth-order valence-electron chi connectivity index (χ4n) is 3.86. The Bertz CT molecular complexity index is 829. The monoisotopic (exact) mass is 393 g/mol. The van der Waals surface area contributed by atoms with Crippen LogP contribution < -0.4 is 0 Å². The maximum absolute atomic E-state index is 12.7. The van der Waals surface area contributed by atoms with Gasteiger partial charge >= 0.3 is 6.18 Å². The highest BCUT2D eigenvalue weighted by atomic mass is 19.4. The van der Waals surface area contributed by atoms with E-state index in [4.69, 9.17) is 0 Å². The van der Waals surface area contributed by atoms with E-state index in [2.05, 4.69) is 11.2 Å². The number of rotatable bonds is 6. The Hall–Kier alpha value is -2.31. The third-order valence-corrected chi connectivity index (χ3v) is 5.55. The Morgan fingerprint density at radius 2 is 1.93 bits per heavy atom. The molecule has 0 bridgehead atoms. The van der Waals surface area contributed by atoms with E-state index in [1.165, 1.54) is 5.56 Å². The topological polar surface area (TPSA) is 38.1 Å². The smallest absolute Gasteiger partial charge is 0.337 e. The normalized spacial score (nSPS) is 16.9. The minimum Gasteiger partial charge on any atom is -0.337 e. The highest BCUT2D eigenvalue weighted by Gasteiger charge is 2.31. The van der Waals surface area contributed by atoms with Gasteiger partial charge in [0.25, 0.3) is 0 Å². The van der Waals surface area contributed by atoms with Crippen LogP contribution in [-0.2, 0) is 18.4 Å². The van der Waals surface area contributed by atoms with Crippen molar-refractivity contribution in [1.82, 2.24) is 14.7 Å². The Balaban J connectivity index is 1.67. The molecule has 1 aliphatic rings. The number of fused-ring (bicyclic) bond motifs is 1. The van der Waals surface area contributed by atoms with E-state index in [1.807, 2.05) is 47.9 Å². The second kappa shape index (κ2) is 8.37. The van der Waals surface area contributed by atoms with E-state index in [1.54, 1.807) is 0 Å². The summed E-state index contributed by atoms with van der Waals surface area (Å²) in [6.07, 6.45) is -1.75. The number of unbranched alkanes of at least 4 members (excludes halogenated alkanes) is 2. The summed E-state index contributed by atoms with van der Waals surface area (Å²) in [4.78, 5) is 14.6. The Kier molecular flexibility index (Phi) is 6.10. The van der Waals surface area contributed by atoms with Crippen LogP contribution in [0.4, 0.5) is 13.2 Å². The molecule has 1 amide bonds. The molecule has 0 radical (unpaired) electrons. The Labute approximate surface area is 163 Å². The summed E-state index contributed by atoms with van der Waals surface area (Å²) in [6, 6.07) is 8.12. The molecule has 0 saturated carbocycles. The number of nitrogens with zero attached hydrogens (tertiary/aromatic N) is 3. The maximum Gasteiger partial charge on any atom is 0.389 e. The van der Waals surface area contributed by atoms with Gasteiger partial charge in [-0.1, -0.05) is 30.7 Å². The molecule has 0 N–H and O–H groups in total. The Morgan fingerprint density at radius 3 is 2.61 bits per heavy atom. The number of aromatic nitrogens is 2. The summed E-state index contributed by atoms with van der Waals surface area (Å²) < 4.78 is 38.5. The third-order valence-electron chi connectivity index (χ3n) is 5.55. The number of hydrogen-bond acceptors (Lipinski definition) is 2. The molecule has 0 saturated heterocycles. The van der Waals surface area contributed by atoms with Crippen LogP contribution in [0, 0.1) is 6.92 Å². The van der Waals surface area contributed by atoms with Gasteiger partial charge in [0.2, 0.25) is 5.91 Å². The quantitative estimate of drug-likeness (QED) is 0.667. The molecule has 3 rings (SSSR count). The van der Waals surface area contributed by atoms with E-state index in [9.17, 15) is 18.0 Å². The van der Waals surface area contributed by atoms with Crippen LogP contribution >= 0.6 is 0 Å². The zero-order valence-electron chi connectivity index (χ0n) is 16.3. The predicted molar refractivity (Wildman–Crippen MR) is 101 cm³/mol. The summed E-state index contributed by atoms with van der Waals surface area (Å²) in [7, 11) is 1.90. The standard InChI is InChI=1S/C21H26F3N3O/c1-15-18(12-25-26(15)2)19-14-27(13-16-8-5-6-9-17(16)19)20(28)10-4-3-7-11-21(22,23)24/h5-6,8-9,12,19H,3-4,7,10-11,13-14H2,1-2H3. The molecule has 4 nitrogen and oxygen atoms in total. The summed E-state index contributed by atoms with van der Waals surface area (Å²) in [6.45, 7) is 3.14. The molecule has 2 heterocycles. The van der Waals surface area contributed by atoms with E-state index >= 15 is 0 Å². The molecular formula is C21H26F3N3O. The first kappa shape index (κ1) is 20.4. The van der Waals surface area contributed by atoms with Crippen molar-refractivity contribution < 1.29 is 18.0 Å². The first-order valence-electron chi connectivity index (χ1n) is 9.67. The van der Waals surface area contributed by atoms with Crippen LogP contribution in [0.3, 0.4) is 0 Å². The number of amides is 1. The highest BCUT2D eigenvalue weighted by molar-refractivity contribution is 5.76. The lowest BCUT2D eigenvalue weighted by atomic mass is 9.84. The second-order valence-electron chi connectivity index (χ2n) is 7.51. The van der Waals surface area contributed by atoms with Gasteiger partial charge in [0, 0.05) is 50.2 Å². The summed E-state index contributed by atoms with van der Waals surface area (Å²) >= 11 is 0. The fourth-order valence-corrected chi connectivity index (χ4v) is 3.86. The van der Waals surface area contributed by atoms with E-state index in [-0.39, 0.29) is 18.2 Å². The molecule has 2 aromatic rings. The van der Waals surface area contributed by atoms with Crippen molar-refractivity contribution in [3.63, 3.8) is 0 Å². The molecule has 152 valence electrons. The summed E-state index contributed by atoms with van der Waals surface area (Å²) in [5.41, 5.74) is 4.51. The van der Waals surface area contributed by atoms with Crippen LogP contribution in [-0.4, -0.2) is 33.3 Å². The van der Waals surface area contributed by atoms with Crippen molar-refractivity contribution in [3.05, 3.63) is 52.8 Å². The molecule has 1 unspecified atom stereocenters. The third kappa shape index (κ3) is 4.75. The van der Waals surface area contributed by atoms with Crippen LogP contribution in [0.15, 0.2) is 30.5 Å². The van der Waals surface area contributed by atoms with Gasteiger partial charge in [0.1, 0.15) is 0 Å². The minimum atomic E-state index is -4.12. The van der Waals surface area contributed by atoms with Crippen molar-refractivity contribution in [3.8, 4) is 0 Å². The van der Waals surface area contributed by atoms with Crippen LogP contribution in [0.2, 0.25) is 0 Å². The van der Waals surface area contributed by atoms with Crippen molar-refractivity contribution in [2.45, 2.75) is 57.7 Å². The average molecular weight is 393 g/mol. The lowest BCUT2D eigenvalue weighted by molar-refractivity contribution is -0.135. The lowest BCUT2D eigenvalue weighted by Gasteiger charge is -2.35. The fraction of sp³-hybridized carbons (Fsp3) is 0.524. The number of alkyl halides is 3. The molecule has 0 aliphatic carbocycles. The van der Waals surface area contributed by atoms with Crippen LogP contribution in [0.1, 0.15) is 60.4 Å². The van der Waals surface area contributed by atoms with E-state index in [0.717, 1.165) is 16.8 Å². The molecule has 28 heavy (non-hydrogen) atoms. The van der Waals surface area contributed by atoms with Gasteiger partial charge in [-0.15, -0.1) is 0 Å². The van der Waals surface area contributed by atoms with Crippen molar-refractivity contribution in [2.24, 2.45) is 7.05 Å². The van der Waals surface area contributed by atoms with Crippen LogP contribution in [0.5, 0.6) is 0 Å². The molecule has 0 spiro atoms. The van der Waals surface area contributed by atoms with E-state index in [0.29, 0.717) is 32.4 Å². The largest absolute Gasteiger partial charge is 0.389 e. The maximum atomic E-state index is 12.7. The highest BCUT2D eigenvalue weighted by Crippen LogP contribution is 2.35. The number of hydrogen-bond donors (Lipinski definition) is 0. The van der Waals surface area contributed by atoms with Gasteiger partial charge in [-0.2, -0.15) is 18.3 Å². The number of carbonyl (C=O) groups is 1. The number of aryl methyl sites for hydroxylation is 1. The lowest BCUT2D eigenvalue weighted by Crippen LogP contribution is -2.38. The SMILES string of the molecule is Cc1c(C2CN(C(=O)CCCCCC(F)(F)F)Cc3ccccc32)cnn1C. The van der Waals surface area contributed by atoms with E-state index < -0.39 is 12.6 Å². The second-order valence-corrected chi connectivity index (χ2v) is 7.51. The summed E-state index contributed by atoms with van der Waals surface area (Å²) in [5.74, 6) is 0.0703. The zero-order valence-corrected chi connectivity index (χ0v) is 16.3. The first-order valence-corrected chi connectivity index (χ1v) is 9.67. The predicted octanol–water partition coefficient (Wildman–Crippen LogP) is 4.72. The van der Waals surface area contributed by atoms with Gasteiger partial charge < -0.3 is 4.90 Å². The average Bonchev–Trinajstić information content (AvgIpc) is 2.98. The van der Waals surface area contributed by atoms with Gasteiger partial charge in [-0.25, -0.2) is 0 Å². The van der Waals surface area contributed by atoms with Gasteiger partial charge in [-0.3, -0.25) is 9.48 Å². The molecule has 1 atom stereocenters. The number of benzene rings is 1. The minimum absolute atomic E-state index is 0.00746. The Morgan fingerprint density at radius 1 is 1.18 bits per heavy atom. The molecule has 1 aliphatic heterocycles. The van der Waals surface area contributed by atoms with Crippen LogP contribution in [0.25, 0.3) is 0 Å². The van der Waals surface area contributed by atoms with Crippen molar-refractivity contribution in [2.75, 3.05) is 6.54 Å². The number of carbonyl (C=O) groups excluding carboxylic acids is 1. The van der Waals surface area contributed by atoms with Crippen molar-refractivity contribution in [1.29, 1.82) is 0 Å². The van der Waals surface area contributed by atoms with Gasteiger partial charge in [0.05, 0.1) is 6.20 Å².